The molecule has 4 heteroatoms. The third kappa shape index (κ3) is 1.97. The van der Waals surface area contributed by atoms with Gasteiger partial charge in [0.05, 0.1) is 11.8 Å². The van der Waals surface area contributed by atoms with Gasteiger partial charge in [-0.25, -0.2) is 0 Å². The first-order valence-corrected chi connectivity index (χ1v) is 6.89. The van der Waals surface area contributed by atoms with Gasteiger partial charge in [0, 0.05) is 31.3 Å². The van der Waals surface area contributed by atoms with E-state index in [1.165, 1.54) is 31.2 Å². The van der Waals surface area contributed by atoms with Gasteiger partial charge in [0.15, 0.2) is 0 Å². The average molecular weight is 250 g/mol. The molecule has 0 radical (unpaired) electrons. The van der Waals surface area contributed by atoms with Gasteiger partial charge < -0.3 is 9.26 Å². The maximum atomic E-state index is 5.55. The number of piperidine rings is 1. The van der Waals surface area contributed by atoms with Gasteiger partial charge in [-0.3, -0.25) is 4.90 Å². The van der Waals surface area contributed by atoms with Crippen molar-refractivity contribution in [3.8, 4) is 0 Å². The van der Waals surface area contributed by atoms with Crippen molar-refractivity contribution in [1.29, 1.82) is 0 Å². The Morgan fingerprint density at radius 1 is 1.28 bits per heavy atom. The Hall–Kier alpha value is -0.870. The molecule has 2 aliphatic heterocycles. The molecular formula is C14H22N2O2. The zero-order chi connectivity index (χ0) is 12.7. The van der Waals surface area contributed by atoms with Crippen molar-refractivity contribution in [3.05, 3.63) is 17.0 Å². The molecule has 1 aromatic rings. The molecule has 0 aromatic carbocycles. The summed E-state index contributed by atoms with van der Waals surface area (Å²) in [5.41, 5.74) is 2.32. The molecule has 18 heavy (non-hydrogen) atoms. The summed E-state index contributed by atoms with van der Waals surface area (Å²) in [5.74, 6) is 0.973. The fourth-order valence-corrected chi connectivity index (χ4v) is 3.59. The molecule has 1 aromatic heterocycles. The Bertz CT molecular complexity index is 396. The smallest absolute Gasteiger partial charge is 0.138 e. The van der Waals surface area contributed by atoms with Crippen LogP contribution in [0.1, 0.15) is 42.7 Å². The van der Waals surface area contributed by atoms with Gasteiger partial charge in [-0.1, -0.05) is 5.16 Å². The minimum atomic E-state index is 0.461. The lowest BCUT2D eigenvalue weighted by atomic mass is 9.98. The summed E-state index contributed by atoms with van der Waals surface area (Å²) in [4.78, 5) is 2.64. The molecular weight excluding hydrogens is 228 g/mol. The van der Waals surface area contributed by atoms with Gasteiger partial charge in [0.1, 0.15) is 5.76 Å². The summed E-state index contributed by atoms with van der Waals surface area (Å²) in [7, 11) is 1.84. The number of methoxy groups -OCH3 is 1. The monoisotopic (exact) mass is 250 g/mol. The third-order valence-electron chi connectivity index (χ3n) is 4.70. The molecule has 2 aliphatic rings. The van der Waals surface area contributed by atoms with Crippen LogP contribution in [-0.2, 0) is 11.3 Å². The van der Waals surface area contributed by atoms with Crippen LogP contribution in [0, 0.1) is 13.8 Å². The fraction of sp³-hybridized carbons (Fsp3) is 0.786. The van der Waals surface area contributed by atoms with E-state index in [4.69, 9.17) is 9.26 Å². The van der Waals surface area contributed by atoms with Crippen molar-refractivity contribution in [3.63, 3.8) is 0 Å². The minimum Gasteiger partial charge on any atom is -0.381 e. The molecule has 0 saturated carbocycles. The van der Waals surface area contributed by atoms with Crippen LogP contribution >= 0.6 is 0 Å². The number of hydrogen-bond acceptors (Lipinski definition) is 4. The zero-order valence-electron chi connectivity index (χ0n) is 11.5. The summed E-state index contributed by atoms with van der Waals surface area (Å²) < 4.78 is 10.8. The highest BCUT2D eigenvalue weighted by atomic mass is 16.5. The summed E-state index contributed by atoms with van der Waals surface area (Å²) in [5, 5.41) is 4.06. The van der Waals surface area contributed by atoms with E-state index in [1.54, 1.807) is 0 Å². The molecule has 0 N–H and O–H groups in total. The van der Waals surface area contributed by atoms with E-state index >= 15 is 0 Å². The second kappa shape index (κ2) is 4.67. The predicted molar refractivity (Wildman–Crippen MR) is 68.4 cm³/mol. The second-order valence-corrected chi connectivity index (χ2v) is 5.69. The summed E-state index contributed by atoms with van der Waals surface area (Å²) in [6.07, 6.45) is 5.44. The van der Waals surface area contributed by atoms with Crippen molar-refractivity contribution in [2.24, 2.45) is 0 Å². The predicted octanol–water partition coefficient (Wildman–Crippen LogP) is 2.43. The van der Waals surface area contributed by atoms with Crippen LogP contribution in [0.5, 0.6) is 0 Å². The molecule has 2 fully saturated rings. The molecule has 3 rings (SSSR count). The summed E-state index contributed by atoms with van der Waals surface area (Å²) in [6.45, 7) is 5.04. The number of nitrogens with zero attached hydrogens (tertiary/aromatic N) is 2. The van der Waals surface area contributed by atoms with Crippen molar-refractivity contribution in [2.45, 2.75) is 64.3 Å². The van der Waals surface area contributed by atoms with Gasteiger partial charge in [-0.05, 0) is 39.5 Å². The molecule has 4 nitrogen and oxygen atoms in total. The topological polar surface area (TPSA) is 38.5 Å². The van der Waals surface area contributed by atoms with E-state index in [0.717, 1.165) is 18.0 Å². The maximum absolute atomic E-state index is 5.55. The number of fused-ring (bicyclic) bond motifs is 2. The van der Waals surface area contributed by atoms with Crippen LogP contribution < -0.4 is 0 Å². The summed E-state index contributed by atoms with van der Waals surface area (Å²) >= 11 is 0. The third-order valence-corrected chi connectivity index (χ3v) is 4.70. The largest absolute Gasteiger partial charge is 0.381 e. The maximum Gasteiger partial charge on any atom is 0.138 e. The molecule has 0 spiro atoms. The average Bonchev–Trinajstić information content (AvgIpc) is 2.80. The van der Waals surface area contributed by atoms with E-state index in [-0.39, 0.29) is 0 Å². The SMILES string of the molecule is COC1CC2CCC(C1)N2Cc1c(C)noc1C. The second-order valence-electron chi connectivity index (χ2n) is 5.69. The molecule has 100 valence electrons. The van der Waals surface area contributed by atoms with Crippen LogP contribution in [0.4, 0.5) is 0 Å². The quantitative estimate of drug-likeness (QED) is 0.826. The van der Waals surface area contributed by atoms with Crippen LogP contribution in [0.3, 0.4) is 0 Å². The number of hydrogen-bond donors (Lipinski definition) is 0. The van der Waals surface area contributed by atoms with Crippen LogP contribution in [0.15, 0.2) is 4.52 Å². The Morgan fingerprint density at radius 2 is 1.94 bits per heavy atom. The van der Waals surface area contributed by atoms with Gasteiger partial charge in [0.2, 0.25) is 0 Å². The van der Waals surface area contributed by atoms with E-state index in [9.17, 15) is 0 Å². The van der Waals surface area contributed by atoms with Crippen LogP contribution in [0.25, 0.3) is 0 Å². The van der Waals surface area contributed by atoms with Crippen LogP contribution in [0.2, 0.25) is 0 Å². The number of aromatic nitrogens is 1. The highest BCUT2D eigenvalue weighted by molar-refractivity contribution is 5.21. The standard InChI is InChI=1S/C14H22N2O2/c1-9-14(10(2)18-15-9)8-16-11-4-5-12(16)7-13(6-11)17-3/h11-13H,4-8H2,1-3H3. The van der Waals surface area contributed by atoms with Crippen molar-refractivity contribution in [1.82, 2.24) is 10.1 Å². The Labute approximate surface area is 108 Å². The van der Waals surface area contributed by atoms with Gasteiger partial charge >= 0.3 is 0 Å². The summed E-state index contributed by atoms with van der Waals surface area (Å²) in [6, 6.07) is 1.37. The molecule has 3 heterocycles. The number of ether oxygens (including phenoxy) is 1. The normalized spacial score (nSPS) is 32.1. The van der Waals surface area contributed by atoms with Crippen molar-refractivity contribution < 1.29 is 9.26 Å². The lowest BCUT2D eigenvalue weighted by molar-refractivity contribution is 0.00233. The van der Waals surface area contributed by atoms with Gasteiger partial charge in [0.25, 0.3) is 0 Å². The Morgan fingerprint density at radius 3 is 2.44 bits per heavy atom. The van der Waals surface area contributed by atoms with E-state index < -0.39 is 0 Å². The van der Waals surface area contributed by atoms with Gasteiger partial charge in [-0.15, -0.1) is 0 Å². The van der Waals surface area contributed by atoms with Crippen molar-refractivity contribution in [2.75, 3.05) is 7.11 Å². The fourth-order valence-electron chi connectivity index (χ4n) is 3.59. The van der Waals surface area contributed by atoms with E-state index in [1.807, 2.05) is 21.0 Å². The minimum absolute atomic E-state index is 0.461. The molecule has 2 unspecified atom stereocenters. The van der Waals surface area contributed by atoms with Crippen molar-refractivity contribution >= 4 is 0 Å². The van der Waals surface area contributed by atoms with E-state index in [2.05, 4.69) is 10.1 Å². The molecule has 0 aliphatic carbocycles. The van der Waals surface area contributed by atoms with Crippen LogP contribution in [-0.4, -0.2) is 35.4 Å². The first-order chi connectivity index (χ1) is 8.69. The first-order valence-electron chi connectivity index (χ1n) is 6.89. The molecule has 2 bridgehead atoms. The van der Waals surface area contributed by atoms with Gasteiger partial charge in [-0.2, -0.15) is 0 Å². The first kappa shape index (κ1) is 12.2. The molecule has 0 amide bonds. The highest BCUT2D eigenvalue weighted by Gasteiger charge is 2.41. The number of aryl methyl sites for hydroxylation is 2. The Balaban J connectivity index is 1.75. The number of rotatable bonds is 3. The molecule has 2 atom stereocenters. The zero-order valence-corrected chi connectivity index (χ0v) is 11.5. The lowest BCUT2D eigenvalue weighted by Gasteiger charge is -2.38. The highest BCUT2D eigenvalue weighted by Crippen LogP contribution is 2.38. The van der Waals surface area contributed by atoms with E-state index in [0.29, 0.717) is 18.2 Å². The Kier molecular flexibility index (Phi) is 3.16. The molecule has 2 saturated heterocycles. The lowest BCUT2D eigenvalue weighted by Crippen LogP contribution is -2.44.